The Kier molecular flexibility index (Phi) is 21.3. The van der Waals surface area contributed by atoms with Crippen molar-refractivity contribution in [2.45, 2.75) is 89.5 Å². The van der Waals surface area contributed by atoms with Crippen LogP contribution in [0, 0.1) is 35.0 Å². The number of hydroxylamine groups is 2. The number of nitrogens with one attached hydrogen (secondary N) is 2. The largest absolute Gasteiger partial charge is 0.503 e. The number of H-pyrrole nitrogens is 1. The lowest BCUT2D eigenvalue weighted by Crippen LogP contribution is -2.37. The molecule has 2 saturated carbocycles. The molecule has 0 spiro atoms. The molecule has 0 unspecified atom stereocenters. The van der Waals surface area contributed by atoms with E-state index in [-0.39, 0.29) is 23.9 Å². The number of hydrogen-bond acceptors (Lipinski definition) is 9. The van der Waals surface area contributed by atoms with Crippen molar-refractivity contribution in [1.29, 1.82) is 0 Å². The van der Waals surface area contributed by atoms with Crippen LogP contribution in [0.25, 0.3) is 11.0 Å². The van der Waals surface area contributed by atoms with Crippen LogP contribution in [0.1, 0.15) is 83.5 Å². The quantitative estimate of drug-likeness (QED) is 0.0166. The Morgan fingerprint density at radius 1 is 0.864 bits per heavy atom. The van der Waals surface area contributed by atoms with E-state index in [1.807, 2.05) is 12.1 Å². The summed E-state index contributed by atoms with van der Waals surface area (Å²) in [6.45, 7) is 0. The molecule has 3 amide bonds. The lowest BCUT2D eigenvalue weighted by molar-refractivity contribution is -0.479. The Labute approximate surface area is 337 Å². The van der Waals surface area contributed by atoms with E-state index in [4.69, 9.17) is 20.6 Å². The molecule has 2 aromatic heterocycles. The fourth-order valence-corrected chi connectivity index (χ4v) is 5.82. The molecule has 3 heterocycles. The van der Waals surface area contributed by atoms with Gasteiger partial charge in [0.25, 0.3) is 11.8 Å². The number of para-hydroxylation sites is 1. The Hall–Kier alpha value is -5.86. The number of imidazole rings is 1. The molecule has 6 N–H and O–H groups in total. The SMILES string of the molecule is CN(C)C(O)=[N+](C)C.O=C(CC1CCCCC1)NC1CCCCC1.O=C1CCC(=O)N1O.Oc1c(F)c(F)c(F)c(F)c1F.On1nnc2ccccc21.c1c[nH]cn1. The second-order valence-electron chi connectivity index (χ2n) is 13.9. The number of hydrogen-bond donors (Lipinski definition) is 6. The number of amides is 3. The zero-order valence-electron chi connectivity index (χ0n) is 33.4. The van der Waals surface area contributed by atoms with Crippen LogP contribution in [0.5, 0.6) is 5.75 Å². The first-order valence-electron chi connectivity index (χ1n) is 18.8. The molecule has 2 aliphatic carbocycles. The highest BCUT2D eigenvalue weighted by Crippen LogP contribution is 2.28. The van der Waals surface area contributed by atoms with E-state index in [9.17, 15) is 36.3 Å². The first kappa shape index (κ1) is 49.3. The fourth-order valence-electron chi connectivity index (χ4n) is 5.82. The van der Waals surface area contributed by atoms with Crippen molar-refractivity contribution in [3.8, 4) is 5.75 Å². The summed E-state index contributed by atoms with van der Waals surface area (Å²) in [6.07, 6.45) is 19.1. The summed E-state index contributed by atoms with van der Waals surface area (Å²) in [5.41, 5.74) is 1.33. The summed E-state index contributed by atoms with van der Waals surface area (Å²) in [6, 6.07) is 7.95. The Morgan fingerprint density at radius 2 is 1.39 bits per heavy atom. The van der Waals surface area contributed by atoms with Gasteiger partial charge in [0.15, 0.2) is 5.75 Å². The molecule has 3 aliphatic rings. The van der Waals surface area contributed by atoms with Crippen LogP contribution in [0.4, 0.5) is 22.0 Å². The summed E-state index contributed by atoms with van der Waals surface area (Å²) >= 11 is 0. The molecule has 0 bridgehead atoms. The average molecular weight is 843 g/mol. The number of aromatic hydroxyl groups is 1. The molecule has 59 heavy (non-hydrogen) atoms. The smallest absolute Gasteiger partial charge is 0.442 e. The number of aromatic nitrogens is 5. The van der Waals surface area contributed by atoms with Crippen LogP contribution in [-0.4, -0.2) is 118 Å². The molecule has 16 nitrogen and oxygen atoms in total. The molecular formula is C38H53F5N9O7+. The van der Waals surface area contributed by atoms with Crippen LogP contribution in [0.2, 0.25) is 0 Å². The molecule has 7 rings (SSSR count). The van der Waals surface area contributed by atoms with Crippen LogP contribution in [0.15, 0.2) is 43.0 Å². The third kappa shape index (κ3) is 16.9. The van der Waals surface area contributed by atoms with Gasteiger partial charge >= 0.3 is 6.02 Å². The maximum absolute atomic E-state index is 12.2. The minimum atomic E-state index is -2.29. The fraction of sp³-hybridized carbons (Fsp3) is 0.500. The Morgan fingerprint density at radius 3 is 1.80 bits per heavy atom. The third-order valence-corrected chi connectivity index (χ3v) is 8.92. The molecule has 0 atom stereocenters. The number of carbonyl (C=O) groups excluding carboxylic acids is 3. The second-order valence-corrected chi connectivity index (χ2v) is 13.9. The van der Waals surface area contributed by atoms with Crippen molar-refractivity contribution >= 4 is 34.8 Å². The topological polar surface area (TPSA) is 213 Å². The van der Waals surface area contributed by atoms with Gasteiger partial charge in [-0.25, -0.2) is 27.6 Å². The number of rotatable bonds is 3. The van der Waals surface area contributed by atoms with Crippen molar-refractivity contribution in [2.24, 2.45) is 5.92 Å². The summed E-state index contributed by atoms with van der Waals surface area (Å²) in [5.74, 6) is -13.0. The van der Waals surface area contributed by atoms with Crippen LogP contribution in [0.3, 0.4) is 0 Å². The van der Waals surface area contributed by atoms with E-state index < -0.39 is 46.6 Å². The number of aliphatic hydroxyl groups is 1. The number of aromatic amines is 1. The van der Waals surface area contributed by atoms with E-state index in [1.165, 1.54) is 64.2 Å². The standard InChI is InChI=1S/C14H25NO.C6HF5O.C6H5N3O.C5H12N2O.C4H5NO3.C3H4N2/c16-14(11-12-7-3-1-4-8-12)15-13-9-5-2-6-10-13;7-1-2(8)4(10)6(12)5(11)3(1)9;10-9-6-4-2-1-3-5(6)7-8-9;1-6(2)5(8)7(3)4;6-3-1-2-4(7)5(3)8;1-2-5-3-4-1/h12-13H,1-11H2,(H,15,16);12H;1-4,10H;1-4H3;8H,1-2H2;1-3H,(H,4,5)/p+1. The lowest BCUT2D eigenvalue weighted by Gasteiger charge is -2.25. The van der Waals surface area contributed by atoms with E-state index in [2.05, 4.69) is 25.6 Å². The molecule has 1 saturated heterocycles. The van der Waals surface area contributed by atoms with Crippen LogP contribution < -0.4 is 5.32 Å². The first-order chi connectivity index (χ1) is 28.0. The minimum absolute atomic E-state index is 0.148. The van der Waals surface area contributed by atoms with E-state index >= 15 is 0 Å². The lowest BCUT2D eigenvalue weighted by atomic mass is 9.86. The molecular weight excluding hydrogens is 789 g/mol. The molecule has 21 heteroatoms. The number of imide groups is 1. The van der Waals surface area contributed by atoms with Crippen LogP contribution in [-0.2, 0) is 14.4 Å². The number of amidine groups is 1. The Balaban J connectivity index is 0.000000252. The number of carbonyl (C=O) groups is 3. The van der Waals surface area contributed by atoms with E-state index in [1.54, 1.807) is 68.5 Å². The maximum atomic E-state index is 12.2. The van der Waals surface area contributed by atoms with Gasteiger partial charge in [0.2, 0.25) is 35.0 Å². The molecule has 326 valence electrons. The number of phenolic OH excluding ortho intramolecular Hbond substituents is 1. The predicted octanol–water partition coefficient (Wildman–Crippen LogP) is 5.83. The van der Waals surface area contributed by atoms with Gasteiger partial charge in [0.05, 0.1) is 34.5 Å². The summed E-state index contributed by atoms with van der Waals surface area (Å²) in [4.78, 5) is 41.2. The first-order valence-corrected chi connectivity index (χ1v) is 18.8. The number of nitrogens with zero attached hydrogens (tertiary/aromatic N) is 7. The zero-order chi connectivity index (χ0) is 44.1. The molecule has 3 fully saturated rings. The summed E-state index contributed by atoms with van der Waals surface area (Å²) < 4.78 is 62.3. The van der Waals surface area contributed by atoms with E-state index in [0.29, 0.717) is 28.9 Å². The normalized spacial score (nSPS) is 15.1. The van der Waals surface area contributed by atoms with E-state index in [0.717, 1.165) is 11.3 Å². The van der Waals surface area contributed by atoms with Gasteiger partial charge in [-0.1, -0.05) is 55.5 Å². The number of halogens is 5. The average Bonchev–Trinajstić information content (AvgIpc) is 4.01. The van der Waals surface area contributed by atoms with Crippen molar-refractivity contribution < 1.29 is 61.5 Å². The van der Waals surface area contributed by atoms with Crippen molar-refractivity contribution in [3.05, 3.63) is 72.1 Å². The summed E-state index contributed by atoms with van der Waals surface area (Å²) in [7, 11) is 7.15. The summed E-state index contributed by atoms with van der Waals surface area (Å²) in [5, 5.41) is 45.1. The second kappa shape index (κ2) is 25.5. The van der Waals surface area contributed by atoms with Gasteiger partial charge in [-0.3, -0.25) is 19.6 Å². The highest BCUT2D eigenvalue weighted by molar-refractivity contribution is 6.00. The number of phenols is 1. The number of fused-ring (bicyclic) bond motifs is 1. The van der Waals surface area contributed by atoms with Crippen LogP contribution >= 0.6 is 0 Å². The molecule has 2 aromatic carbocycles. The van der Waals surface area contributed by atoms with Gasteiger partial charge in [-0.2, -0.15) is 13.8 Å². The molecule has 4 aromatic rings. The number of aliphatic hydroxyl groups excluding tert-OH is 1. The monoisotopic (exact) mass is 842 g/mol. The highest BCUT2D eigenvalue weighted by atomic mass is 19.2. The predicted molar refractivity (Wildman–Crippen MR) is 204 cm³/mol. The zero-order valence-corrected chi connectivity index (χ0v) is 33.4. The number of benzene rings is 2. The van der Waals surface area contributed by atoms with Crippen molar-refractivity contribution in [2.75, 3.05) is 28.2 Å². The molecule has 1 aliphatic heterocycles. The molecule has 0 radical (unpaired) electrons. The van der Waals surface area contributed by atoms with Gasteiger partial charge < -0.3 is 25.7 Å². The maximum Gasteiger partial charge on any atom is 0.442 e. The third-order valence-electron chi connectivity index (χ3n) is 8.92. The van der Waals surface area contributed by atoms with Gasteiger partial charge in [0.1, 0.15) is 11.0 Å². The van der Waals surface area contributed by atoms with Gasteiger partial charge in [-0.05, 0) is 48.9 Å². The van der Waals surface area contributed by atoms with Crippen molar-refractivity contribution in [3.63, 3.8) is 0 Å². The Bertz CT molecular complexity index is 1770. The highest BCUT2D eigenvalue weighted by Gasteiger charge is 2.27. The van der Waals surface area contributed by atoms with Gasteiger partial charge in [-0.15, -0.1) is 5.10 Å². The van der Waals surface area contributed by atoms with Gasteiger partial charge in [0, 0.05) is 37.7 Å². The van der Waals surface area contributed by atoms with Crippen molar-refractivity contribution in [1.82, 2.24) is 40.4 Å². The minimum Gasteiger partial charge on any atom is -0.503 e.